The predicted octanol–water partition coefficient (Wildman–Crippen LogP) is 2.12. The molecule has 0 radical (unpaired) electrons. The van der Waals surface area contributed by atoms with E-state index in [4.69, 9.17) is 5.26 Å². The van der Waals surface area contributed by atoms with E-state index < -0.39 is 0 Å². The van der Waals surface area contributed by atoms with Crippen LogP contribution in [0.2, 0.25) is 0 Å². The van der Waals surface area contributed by atoms with E-state index >= 15 is 0 Å². The number of nitrogens with zero attached hydrogens (tertiary/aromatic N) is 2. The summed E-state index contributed by atoms with van der Waals surface area (Å²) in [7, 11) is 0. The van der Waals surface area contributed by atoms with Crippen molar-refractivity contribution in [3.63, 3.8) is 0 Å². The van der Waals surface area contributed by atoms with E-state index in [0.717, 1.165) is 13.0 Å². The Hall–Kier alpha value is -0.710. The third kappa shape index (κ3) is 2.11. The number of likely N-dealkylation sites (tertiary alicyclic amines) is 1. The highest BCUT2D eigenvalue weighted by Gasteiger charge is 2.16. The van der Waals surface area contributed by atoms with Gasteiger partial charge in [0, 0.05) is 12.6 Å². The first-order valence-corrected chi connectivity index (χ1v) is 4.55. The highest BCUT2D eigenvalue weighted by molar-refractivity contribution is 4.83. The summed E-state index contributed by atoms with van der Waals surface area (Å²) in [5.74, 6) is 0. The van der Waals surface area contributed by atoms with Gasteiger partial charge in [-0.2, -0.15) is 5.26 Å². The van der Waals surface area contributed by atoms with Gasteiger partial charge in [-0.3, -0.25) is 0 Å². The summed E-state index contributed by atoms with van der Waals surface area (Å²) in [6.07, 6.45) is 8.41. The Morgan fingerprint density at radius 2 is 2.27 bits per heavy atom. The fraction of sp³-hybridized carbons (Fsp3) is 0.889. The lowest BCUT2D eigenvalue weighted by Crippen LogP contribution is -2.29. The van der Waals surface area contributed by atoms with Crippen LogP contribution in [-0.4, -0.2) is 17.5 Å². The second-order valence-electron chi connectivity index (χ2n) is 3.20. The Labute approximate surface area is 68.8 Å². The summed E-state index contributed by atoms with van der Waals surface area (Å²) in [5, 5.41) is 8.79. The summed E-state index contributed by atoms with van der Waals surface area (Å²) in [5.41, 5.74) is 0. The molecule has 1 saturated heterocycles. The largest absolute Gasteiger partial charge is 0.308 e. The van der Waals surface area contributed by atoms with Crippen LogP contribution in [0.3, 0.4) is 0 Å². The number of nitriles is 1. The summed E-state index contributed by atoms with van der Waals surface area (Å²) < 4.78 is 0. The van der Waals surface area contributed by atoms with Gasteiger partial charge >= 0.3 is 0 Å². The van der Waals surface area contributed by atoms with Crippen molar-refractivity contribution in [3.8, 4) is 6.19 Å². The van der Waals surface area contributed by atoms with Crippen molar-refractivity contribution < 1.29 is 0 Å². The zero-order valence-electron chi connectivity index (χ0n) is 7.21. The van der Waals surface area contributed by atoms with Gasteiger partial charge in [0.25, 0.3) is 0 Å². The van der Waals surface area contributed by atoms with Crippen molar-refractivity contribution in [1.29, 1.82) is 5.26 Å². The molecule has 0 aromatic carbocycles. The zero-order valence-corrected chi connectivity index (χ0v) is 7.21. The molecule has 11 heavy (non-hydrogen) atoms. The number of rotatable bonds is 1. The molecule has 1 unspecified atom stereocenters. The molecular weight excluding hydrogens is 136 g/mol. The molecule has 0 bridgehead atoms. The van der Waals surface area contributed by atoms with Crippen molar-refractivity contribution in [2.24, 2.45) is 0 Å². The van der Waals surface area contributed by atoms with Crippen LogP contribution in [0.1, 0.15) is 39.0 Å². The Bertz CT molecular complexity index is 148. The van der Waals surface area contributed by atoms with Crippen LogP contribution in [0.4, 0.5) is 0 Å². The second-order valence-corrected chi connectivity index (χ2v) is 3.20. The molecule has 1 heterocycles. The van der Waals surface area contributed by atoms with Crippen LogP contribution < -0.4 is 0 Å². The molecule has 0 spiro atoms. The molecule has 62 valence electrons. The SMILES string of the molecule is CCC1CCCCCN1C#N. The van der Waals surface area contributed by atoms with E-state index in [-0.39, 0.29) is 0 Å². The van der Waals surface area contributed by atoms with Crippen LogP contribution in [0.25, 0.3) is 0 Å². The zero-order chi connectivity index (χ0) is 8.10. The summed E-state index contributed by atoms with van der Waals surface area (Å²) in [6, 6.07) is 0.530. The Balaban J connectivity index is 2.49. The van der Waals surface area contributed by atoms with Gasteiger partial charge in [0.05, 0.1) is 0 Å². The third-order valence-electron chi connectivity index (χ3n) is 2.48. The van der Waals surface area contributed by atoms with Gasteiger partial charge in [-0.15, -0.1) is 0 Å². The summed E-state index contributed by atoms with van der Waals surface area (Å²) in [4.78, 5) is 1.95. The maximum absolute atomic E-state index is 8.79. The Kier molecular flexibility index (Phi) is 3.22. The molecular formula is C9H16N2. The minimum Gasteiger partial charge on any atom is -0.308 e. The van der Waals surface area contributed by atoms with E-state index in [9.17, 15) is 0 Å². The van der Waals surface area contributed by atoms with Crippen molar-refractivity contribution >= 4 is 0 Å². The van der Waals surface area contributed by atoms with Crippen molar-refractivity contribution in [2.75, 3.05) is 6.54 Å². The molecule has 0 amide bonds. The minimum atomic E-state index is 0.530. The first-order chi connectivity index (χ1) is 5.38. The minimum absolute atomic E-state index is 0.530. The maximum atomic E-state index is 8.79. The molecule has 2 heteroatoms. The molecule has 0 aromatic heterocycles. The molecule has 0 aliphatic carbocycles. The monoisotopic (exact) mass is 152 g/mol. The third-order valence-corrected chi connectivity index (χ3v) is 2.48. The lowest BCUT2D eigenvalue weighted by Gasteiger charge is -2.22. The Morgan fingerprint density at radius 3 is 2.91 bits per heavy atom. The highest BCUT2D eigenvalue weighted by atomic mass is 15.1. The van der Waals surface area contributed by atoms with E-state index in [1.807, 2.05) is 4.90 Å². The van der Waals surface area contributed by atoms with E-state index in [1.54, 1.807) is 0 Å². The van der Waals surface area contributed by atoms with Gasteiger partial charge in [-0.05, 0) is 19.3 Å². The van der Waals surface area contributed by atoms with E-state index in [2.05, 4.69) is 13.1 Å². The molecule has 0 aromatic rings. The lowest BCUT2D eigenvalue weighted by molar-refractivity contribution is 0.286. The van der Waals surface area contributed by atoms with Gasteiger partial charge in [0.1, 0.15) is 0 Å². The molecule has 1 atom stereocenters. The first-order valence-electron chi connectivity index (χ1n) is 4.55. The van der Waals surface area contributed by atoms with Gasteiger partial charge in [-0.25, -0.2) is 0 Å². The van der Waals surface area contributed by atoms with Crippen molar-refractivity contribution in [1.82, 2.24) is 4.90 Å². The first kappa shape index (κ1) is 8.39. The average Bonchev–Trinajstić information content (AvgIpc) is 2.27. The predicted molar refractivity (Wildman–Crippen MR) is 44.9 cm³/mol. The molecule has 1 aliphatic heterocycles. The fourth-order valence-corrected chi connectivity index (χ4v) is 1.73. The number of hydrogen-bond donors (Lipinski definition) is 0. The normalized spacial score (nSPS) is 25.8. The van der Waals surface area contributed by atoms with Gasteiger partial charge in [0.2, 0.25) is 0 Å². The number of hydrogen-bond acceptors (Lipinski definition) is 2. The van der Waals surface area contributed by atoms with Gasteiger partial charge in [0.15, 0.2) is 6.19 Å². The molecule has 0 saturated carbocycles. The quantitative estimate of drug-likeness (QED) is 0.538. The van der Waals surface area contributed by atoms with Crippen molar-refractivity contribution in [2.45, 2.75) is 45.1 Å². The average molecular weight is 152 g/mol. The van der Waals surface area contributed by atoms with Gasteiger partial charge < -0.3 is 4.90 Å². The molecule has 1 fully saturated rings. The van der Waals surface area contributed by atoms with E-state index in [0.29, 0.717) is 6.04 Å². The fourth-order valence-electron chi connectivity index (χ4n) is 1.73. The molecule has 0 N–H and O–H groups in total. The van der Waals surface area contributed by atoms with Crippen LogP contribution >= 0.6 is 0 Å². The molecule has 1 rings (SSSR count). The maximum Gasteiger partial charge on any atom is 0.179 e. The standard InChI is InChI=1S/C9H16N2/c1-2-9-6-4-3-5-7-11(9)8-10/h9H,2-7H2,1H3. The van der Waals surface area contributed by atoms with Crippen LogP contribution in [0.5, 0.6) is 0 Å². The second kappa shape index (κ2) is 4.23. The van der Waals surface area contributed by atoms with Crippen LogP contribution in [-0.2, 0) is 0 Å². The smallest absolute Gasteiger partial charge is 0.179 e. The highest BCUT2D eigenvalue weighted by Crippen LogP contribution is 2.17. The van der Waals surface area contributed by atoms with E-state index in [1.165, 1.54) is 25.7 Å². The summed E-state index contributed by atoms with van der Waals surface area (Å²) >= 11 is 0. The van der Waals surface area contributed by atoms with Crippen LogP contribution in [0.15, 0.2) is 0 Å². The summed E-state index contributed by atoms with van der Waals surface area (Å²) in [6.45, 7) is 3.15. The van der Waals surface area contributed by atoms with Gasteiger partial charge in [-0.1, -0.05) is 19.8 Å². The molecule has 2 nitrogen and oxygen atoms in total. The molecule has 1 aliphatic rings. The topological polar surface area (TPSA) is 27.0 Å². The Morgan fingerprint density at radius 1 is 1.45 bits per heavy atom. The van der Waals surface area contributed by atoms with Crippen molar-refractivity contribution in [3.05, 3.63) is 0 Å². The lowest BCUT2D eigenvalue weighted by atomic mass is 10.1. The van der Waals surface area contributed by atoms with Crippen LogP contribution in [0, 0.1) is 11.5 Å².